The third kappa shape index (κ3) is 5.50. The van der Waals surface area contributed by atoms with Gasteiger partial charge in [-0.3, -0.25) is 9.69 Å². The summed E-state index contributed by atoms with van der Waals surface area (Å²) in [5.74, 6) is -0.266. The van der Waals surface area contributed by atoms with Gasteiger partial charge in [-0.2, -0.15) is 4.31 Å². The molecule has 2 aliphatic rings. The number of halogens is 1. The molecule has 2 aromatic carbocycles. The number of rotatable bonds is 7. The SMILES string of the molecule is O=C(NCc1ccc(CN2CCOCC2)cc1)C1CCCN1S(=O)(=O)c1ccc(Cl)cc1. The third-order valence-electron chi connectivity index (χ3n) is 5.93. The summed E-state index contributed by atoms with van der Waals surface area (Å²) in [5.41, 5.74) is 2.20. The highest BCUT2D eigenvalue weighted by Gasteiger charge is 2.39. The number of carbonyl (C=O) groups excluding carboxylic acids is 1. The quantitative estimate of drug-likeness (QED) is 0.663. The minimum Gasteiger partial charge on any atom is -0.379 e. The first-order valence-electron chi connectivity index (χ1n) is 10.9. The molecule has 0 spiro atoms. The zero-order valence-electron chi connectivity index (χ0n) is 17.9. The van der Waals surface area contributed by atoms with Gasteiger partial charge >= 0.3 is 0 Å². The minimum absolute atomic E-state index is 0.150. The van der Waals surface area contributed by atoms with Gasteiger partial charge in [0.15, 0.2) is 0 Å². The highest BCUT2D eigenvalue weighted by molar-refractivity contribution is 7.89. The van der Waals surface area contributed by atoms with Crippen LogP contribution in [0.4, 0.5) is 0 Å². The van der Waals surface area contributed by atoms with E-state index in [1.165, 1.54) is 22.0 Å². The molecule has 1 atom stereocenters. The van der Waals surface area contributed by atoms with E-state index in [-0.39, 0.29) is 10.8 Å². The maximum absolute atomic E-state index is 13.0. The van der Waals surface area contributed by atoms with Crippen LogP contribution in [0.25, 0.3) is 0 Å². The molecule has 1 amide bonds. The summed E-state index contributed by atoms with van der Waals surface area (Å²) < 4.78 is 32.7. The van der Waals surface area contributed by atoms with E-state index in [2.05, 4.69) is 22.3 Å². The molecule has 172 valence electrons. The van der Waals surface area contributed by atoms with Crippen LogP contribution in [0.5, 0.6) is 0 Å². The summed E-state index contributed by atoms with van der Waals surface area (Å²) in [6.07, 6.45) is 1.16. The molecule has 2 saturated heterocycles. The fourth-order valence-corrected chi connectivity index (χ4v) is 5.90. The highest BCUT2D eigenvalue weighted by Crippen LogP contribution is 2.27. The van der Waals surface area contributed by atoms with Crippen molar-refractivity contribution in [2.24, 2.45) is 0 Å². The van der Waals surface area contributed by atoms with Gasteiger partial charge in [0, 0.05) is 37.7 Å². The summed E-state index contributed by atoms with van der Waals surface area (Å²) in [6, 6.07) is 13.5. The van der Waals surface area contributed by atoms with Crippen molar-refractivity contribution in [1.82, 2.24) is 14.5 Å². The molecule has 0 bridgehead atoms. The zero-order chi connectivity index (χ0) is 22.6. The highest BCUT2D eigenvalue weighted by atomic mass is 35.5. The fraction of sp³-hybridized carbons (Fsp3) is 0.435. The zero-order valence-corrected chi connectivity index (χ0v) is 19.4. The lowest BCUT2D eigenvalue weighted by atomic mass is 10.1. The van der Waals surface area contributed by atoms with Crippen LogP contribution in [0.1, 0.15) is 24.0 Å². The summed E-state index contributed by atoms with van der Waals surface area (Å²) in [6.45, 7) is 5.01. The standard InChI is InChI=1S/C23H28ClN3O4S/c24-20-7-9-21(10-8-20)32(29,30)27-11-1-2-22(27)23(28)25-16-18-3-5-19(6-4-18)17-26-12-14-31-15-13-26/h3-10,22H,1-2,11-17H2,(H,25,28). The normalized spacial score (nSPS) is 20.3. The molecule has 0 saturated carbocycles. The second kappa shape index (κ2) is 10.3. The predicted molar refractivity (Wildman–Crippen MR) is 123 cm³/mol. The van der Waals surface area contributed by atoms with E-state index in [9.17, 15) is 13.2 Å². The van der Waals surface area contributed by atoms with Gasteiger partial charge in [-0.1, -0.05) is 35.9 Å². The summed E-state index contributed by atoms with van der Waals surface area (Å²) in [4.78, 5) is 15.3. The van der Waals surface area contributed by atoms with E-state index in [0.29, 0.717) is 31.0 Å². The summed E-state index contributed by atoms with van der Waals surface area (Å²) >= 11 is 5.88. The lowest BCUT2D eigenvalue weighted by Crippen LogP contribution is -2.45. The monoisotopic (exact) mass is 477 g/mol. The number of hydrogen-bond acceptors (Lipinski definition) is 5. The number of amides is 1. The van der Waals surface area contributed by atoms with Crippen LogP contribution in [0, 0.1) is 0 Å². The van der Waals surface area contributed by atoms with Crippen LogP contribution in [0.15, 0.2) is 53.4 Å². The number of morpholine rings is 1. The van der Waals surface area contributed by atoms with E-state index in [1.54, 1.807) is 12.1 Å². The van der Waals surface area contributed by atoms with Gasteiger partial charge in [-0.25, -0.2) is 8.42 Å². The predicted octanol–water partition coefficient (Wildman–Crippen LogP) is 2.64. The van der Waals surface area contributed by atoms with E-state index >= 15 is 0 Å². The Morgan fingerprint density at radius 3 is 2.34 bits per heavy atom. The molecule has 1 unspecified atom stereocenters. The molecular formula is C23H28ClN3O4S. The Morgan fingerprint density at radius 1 is 1.00 bits per heavy atom. The van der Waals surface area contributed by atoms with Crippen LogP contribution < -0.4 is 5.32 Å². The summed E-state index contributed by atoms with van der Waals surface area (Å²) in [7, 11) is -3.75. The molecular weight excluding hydrogens is 450 g/mol. The Kier molecular flexibility index (Phi) is 7.48. The lowest BCUT2D eigenvalue weighted by molar-refractivity contribution is -0.124. The Morgan fingerprint density at radius 2 is 1.66 bits per heavy atom. The molecule has 4 rings (SSSR count). The Balaban J connectivity index is 1.34. The van der Waals surface area contributed by atoms with Crippen molar-refractivity contribution in [3.63, 3.8) is 0 Å². The Labute approximate surface area is 194 Å². The molecule has 0 aromatic heterocycles. The number of hydrogen-bond donors (Lipinski definition) is 1. The van der Waals surface area contributed by atoms with Crippen molar-refractivity contribution in [3.8, 4) is 0 Å². The van der Waals surface area contributed by atoms with Crippen molar-refractivity contribution in [1.29, 1.82) is 0 Å². The second-order valence-electron chi connectivity index (χ2n) is 8.15. The first kappa shape index (κ1) is 23.2. The molecule has 9 heteroatoms. The molecule has 2 fully saturated rings. The van der Waals surface area contributed by atoms with Crippen LogP contribution >= 0.6 is 11.6 Å². The lowest BCUT2D eigenvalue weighted by Gasteiger charge is -2.26. The van der Waals surface area contributed by atoms with Crippen molar-refractivity contribution >= 4 is 27.5 Å². The largest absolute Gasteiger partial charge is 0.379 e. The van der Waals surface area contributed by atoms with Gasteiger partial charge in [0.05, 0.1) is 18.1 Å². The fourth-order valence-electron chi connectivity index (χ4n) is 4.12. The summed E-state index contributed by atoms with van der Waals surface area (Å²) in [5, 5.41) is 3.38. The maximum atomic E-state index is 13.0. The first-order valence-corrected chi connectivity index (χ1v) is 12.7. The molecule has 2 aliphatic heterocycles. The Bertz CT molecular complexity index is 1020. The number of carbonyl (C=O) groups is 1. The molecule has 2 heterocycles. The maximum Gasteiger partial charge on any atom is 0.243 e. The van der Waals surface area contributed by atoms with Crippen LogP contribution in [0.3, 0.4) is 0 Å². The topological polar surface area (TPSA) is 79.0 Å². The van der Waals surface area contributed by atoms with Gasteiger partial charge < -0.3 is 10.1 Å². The number of benzene rings is 2. The van der Waals surface area contributed by atoms with Gasteiger partial charge in [-0.15, -0.1) is 0 Å². The van der Waals surface area contributed by atoms with Crippen LogP contribution in [-0.2, 0) is 32.6 Å². The second-order valence-corrected chi connectivity index (χ2v) is 10.5. The molecule has 32 heavy (non-hydrogen) atoms. The number of nitrogens with one attached hydrogen (secondary N) is 1. The van der Waals surface area contributed by atoms with Gasteiger partial charge in [0.2, 0.25) is 15.9 Å². The van der Waals surface area contributed by atoms with Crippen LogP contribution in [0.2, 0.25) is 5.02 Å². The van der Waals surface area contributed by atoms with Crippen LogP contribution in [-0.4, -0.2) is 62.4 Å². The van der Waals surface area contributed by atoms with Gasteiger partial charge in [-0.05, 0) is 48.2 Å². The number of nitrogens with zero attached hydrogens (tertiary/aromatic N) is 2. The van der Waals surface area contributed by atoms with Crippen molar-refractivity contribution < 1.29 is 17.9 Å². The van der Waals surface area contributed by atoms with Gasteiger partial charge in [0.25, 0.3) is 0 Å². The molecule has 0 aliphatic carbocycles. The van der Waals surface area contributed by atoms with Crippen molar-refractivity contribution in [2.45, 2.75) is 36.9 Å². The molecule has 7 nitrogen and oxygen atoms in total. The number of ether oxygens (including phenoxy) is 1. The van der Waals surface area contributed by atoms with Crippen molar-refractivity contribution in [2.75, 3.05) is 32.8 Å². The van der Waals surface area contributed by atoms with Crippen molar-refractivity contribution in [3.05, 3.63) is 64.7 Å². The first-order chi connectivity index (χ1) is 15.4. The van der Waals surface area contributed by atoms with E-state index in [0.717, 1.165) is 38.4 Å². The van der Waals surface area contributed by atoms with E-state index in [4.69, 9.17) is 16.3 Å². The minimum atomic E-state index is -3.75. The smallest absolute Gasteiger partial charge is 0.243 e. The molecule has 2 aromatic rings. The number of sulfonamides is 1. The average Bonchev–Trinajstić information content (AvgIpc) is 3.31. The molecule has 1 N–H and O–H groups in total. The Hall–Kier alpha value is -1.97. The van der Waals surface area contributed by atoms with E-state index in [1.807, 2.05) is 12.1 Å². The van der Waals surface area contributed by atoms with Gasteiger partial charge in [0.1, 0.15) is 6.04 Å². The average molecular weight is 478 g/mol. The van der Waals surface area contributed by atoms with E-state index < -0.39 is 16.1 Å². The third-order valence-corrected chi connectivity index (χ3v) is 8.10. The molecule has 0 radical (unpaired) electrons.